The molecule has 0 aliphatic heterocycles. The number of nitrogens with one attached hydrogen (secondary N) is 1. The lowest BCUT2D eigenvalue weighted by atomic mass is 10.2. The molecule has 0 aliphatic rings. The predicted octanol–water partition coefficient (Wildman–Crippen LogP) is 2.87. The average Bonchev–Trinajstić information content (AvgIpc) is 2.66. The molecule has 0 radical (unpaired) electrons. The molecule has 0 unspecified atom stereocenters. The normalized spacial score (nSPS) is 11.8. The summed E-state index contributed by atoms with van der Waals surface area (Å²) >= 11 is 11.8. The molecule has 0 aromatic heterocycles. The van der Waals surface area contributed by atoms with Gasteiger partial charge in [0, 0.05) is 12.1 Å². The number of halogens is 2. The van der Waals surface area contributed by atoms with Gasteiger partial charge in [-0.1, -0.05) is 23.2 Å². The summed E-state index contributed by atoms with van der Waals surface area (Å²) in [5.41, 5.74) is 2.81. The van der Waals surface area contributed by atoms with Crippen LogP contribution in [-0.2, 0) is 14.8 Å². The molecule has 0 saturated heterocycles. The molecule has 0 aliphatic carbocycles. The zero-order valence-electron chi connectivity index (χ0n) is 15.6. The number of hydrogen-bond donors (Lipinski definition) is 2. The first-order chi connectivity index (χ1) is 13.6. The number of nitrogens with zero attached hydrogens (tertiary/aromatic N) is 2. The van der Waals surface area contributed by atoms with Gasteiger partial charge < -0.3 is 9.84 Å². The van der Waals surface area contributed by atoms with Crippen LogP contribution in [0.15, 0.2) is 46.4 Å². The van der Waals surface area contributed by atoms with E-state index in [0.29, 0.717) is 12.2 Å². The molecule has 0 spiro atoms. The first-order valence-corrected chi connectivity index (χ1v) is 10.5. The number of carbonyl (C=O) groups excluding carboxylic acids is 1. The Labute approximate surface area is 178 Å². The smallest absolute Gasteiger partial charge is 0.255 e. The van der Waals surface area contributed by atoms with Crippen molar-refractivity contribution in [1.82, 2.24) is 9.73 Å². The van der Waals surface area contributed by atoms with Crippen LogP contribution in [0.5, 0.6) is 11.5 Å². The van der Waals surface area contributed by atoms with Gasteiger partial charge in [-0.2, -0.15) is 9.41 Å². The van der Waals surface area contributed by atoms with E-state index in [9.17, 15) is 18.3 Å². The fourth-order valence-electron chi connectivity index (χ4n) is 2.23. The van der Waals surface area contributed by atoms with Gasteiger partial charge in [0.05, 0.1) is 24.4 Å². The fourth-order valence-corrected chi connectivity index (χ4v) is 4.09. The number of rotatable bonds is 8. The molecule has 0 atom stereocenters. The molecule has 156 valence electrons. The first-order valence-electron chi connectivity index (χ1n) is 8.34. The van der Waals surface area contributed by atoms with Crippen molar-refractivity contribution in [3.63, 3.8) is 0 Å². The Kier molecular flexibility index (Phi) is 7.86. The van der Waals surface area contributed by atoms with E-state index in [1.807, 2.05) is 0 Å². The van der Waals surface area contributed by atoms with Gasteiger partial charge in [0.2, 0.25) is 10.0 Å². The topological polar surface area (TPSA) is 108 Å². The SMILES string of the molecule is CCOc1cc(/C=N\NC(=O)CN(C)S(=O)(=O)c2cc(Cl)ccc2Cl)ccc1O. The van der Waals surface area contributed by atoms with Crippen molar-refractivity contribution in [2.24, 2.45) is 5.10 Å². The monoisotopic (exact) mass is 459 g/mol. The fraction of sp³-hybridized carbons (Fsp3) is 0.222. The largest absolute Gasteiger partial charge is 0.504 e. The summed E-state index contributed by atoms with van der Waals surface area (Å²) in [4.78, 5) is 11.8. The average molecular weight is 460 g/mol. The quantitative estimate of drug-likeness (QED) is 0.465. The molecule has 29 heavy (non-hydrogen) atoms. The van der Waals surface area contributed by atoms with E-state index in [-0.39, 0.29) is 26.4 Å². The lowest BCUT2D eigenvalue weighted by Crippen LogP contribution is -2.36. The van der Waals surface area contributed by atoms with Crippen molar-refractivity contribution in [1.29, 1.82) is 0 Å². The van der Waals surface area contributed by atoms with E-state index in [0.717, 1.165) is 4.31 Å². The highest BCUT2D eigenvalue weighted by atomic mass is 35.5. The first kappa shape index (κ1) is 23.0. The Bertz CT molecular complexity index is 1030. The van der Waals surface area contributed by atoms with Crippen molar-refractivity contribution in [3.8, 4) is 11.5 Å². The van der Waals surface area contributed by atoms with Crippen LogP contribution in [0.3, 0.4) is 0 Å². The molecule has 0 heterocycles. The second kappa shape index (κ2) is 9.93. The number of ether oxygens (including phenoxy) is 1. The zero-order valence-corrected chi connectivity index (χ0v) is 17.9. The van der Waals surface area contributed by atoms with E-state index in [1.165, 1.54) is 37.5 Å². The number of hydrazone groups is 1. The van der Waals surface area contributed by atoms with Crippen molar-refractivity contribution in [2.45, 2.75) is 11.8 Å². The Morgan fingerprint density at radius 2 is 2.00 bits per heavy atom. The lowest BCUT2D eigenvalue weighted by Gasteiger charge is -2.17. The lowest BCUT2D eigenvalue weighted by molar-refractivity contribution is -0.121. The Balaban J connectivity index is 2.02. The van der Waals surface area contributed by atoms with Gasteiger partial charge in [0.15, 0.2) is 11.5 Å². The molecule has 11 heteroatoms. The highest BCUT2D eigenvalue weighted by molar-refractivity contribution is 7.89. The minimum absolute atomic E-state index is 0.00267. The van der Waals surface area contributed by atoms with E-state index in [1.54, 1.807) is 19.1 Å². The Morgan fingerprint density at radius 3 is 2.69 bits per heavy atom. The second-order valence-corrected chi connectivity index (χ2v) is 8.65. The van der Waals surface area contributed by atoms with Crippen LogP contribution in [0.4, 0.5) is 0 Å². The van der Waals surface area contributed by atoms with Gasteiger partial charge in [-0.05, 0) is 48.9 Å². The number of aromatic hydroxyl groups is 1. The highest BCUT2D eigenvalue weighted by Crippen LogP contribution is 2.27. The third-order valence-corrected chi connectivity index (χ3v) is 6.15. The van der Waals surface area contributed by atoms with Crippen LogP contribution in [0.1, 0.15) is 12.5 Å². The highest BCUT2D eigenvalue weighted by Gasteiger charge is 2.25. The van der Waals surface area contributed by atoms with Gasteiger partial charge in [-0.3, -0.25) is 4.79 Å². The number of amides is 1. The summed E-state index contributed by atoms with van der Waals surface area (Å²) in [6.45, 7) is 1.67. The maximum Gasteiger partial charge on any atom is 0.255 e. The van der Waals surface area contributed by atoms with Crippen molar-refractivity contribution >= 4 is 45.3 Å². The Morgan fingerprint density at radius 1 is 1.28 bits per heavy atom. The molecule has 2 aromatic rings. The maximum absolute atomic E-state index is 12.6. The summed E-state index contributed by atoms with van der Waals surface area (Å²) in [5, 5.41) is 13.6. The molecule has 2 N–H and O–H groups in total. The van der Waals surface area contributed by atoms with Crippen LogP contribution < -0.4 is 10.2 Å². The summed E-state index contributed by atoms with van der Waals surface area (Å²) in [7, 11) is -2.78. The van der Waals surface area contributed by atoms with Crippen LogP contribution in [0.2, 0.25) is 10.0 Å². The molecule has 2 rings (SSSR count). The van der Waals surface area contributed by atoms with E-state index in [4.69, 9.17) is 27.9 Å². The number of likely N-dealkylation sites (N-methyl/N-ethyl adjacent to an activating group) is 1. The molecule has 2 aromatic carbocycles. The molecule has 8 nitrogen and oxygen atoms in total. The summed E-state index contributed by atoms with van der Waals surface area (Å²) in [5.74, 6) is -0.388. The summed E-state index contributed by atoms with van der Waals surface area (Å²) < 4.78 is 31.3. The minimum atomic E-state index is -4.02. The van der Waals surface area contributed by atoms with E-state index >= 15 is 0 Å². The van der Waals surface area contributed by atoms with Crippen LogP contribution >= 0.6 is 23.2 Å². The van der Waals surface area contributed by atoms with E-state index < -0.39 is 22.5 Å². The van der Waals surface area contributed by atoms with Gasteiger partial charge in [-0.25, -0.2) is 13.8 Å². The van der Waals surface area contributed by atoms with Crippen molar-refractivity contribution in [3.05, 3.63) is 52.0 Å². The molecule has 0 fully saturated rings. The number of hydrogen-bond acceptors (Lipinski definition) is 6. The molecule has 0 bridgehead atoms. The van der Waals surface area contributed by atoms with Gasteiger partial charge in [0.25, 0.3) is 5.91 Å². The minimum Gasteiger partial charge on any atom is -0.504 e. The number of phenolic OH excluding ortho intramolecular Hbond substituents is 1. The molecular formula is C18H19Cl2N3O5S. The van der Waals surface area contributed by atoms with Gasteiger partial charge in [0.1, 0.15) is 4.90 Å². The van der Waals surface area contributed by atoms with Crippen molar-refractivity contribution < 1.29 is 23.1 Å². The standard InChI is InChI=1S/C18H19Cl2N3O5S/c1-3-28-16-8-12(4-7-15(16)24)10-21-22-18(25)11-23(2)29(26,27)17-9-13(19)5-6-14(17)20/h4-10,24H,3,11H2,1-2H3,(H,22,25)/b21-10-. The van der Waals surface area contributed by atoms with Crippen LogP contribution in [-0.4, -0.2) is 50.2 Å². The predicted molar refractivity (Wildman–Crippen MR) is 111 cm³/mol. The van der Waals surface area contributed by atoms with Gasteiger partial charge in [-0.15, -0.1) is 0 Å². The molecule has 0 saturated carbocycles. The van der Waals surface area contributed by atoms with Crippen LogP contribution in [0, 0.1) is 0 Å². The molecule has 1 amide bonds. The third kappa shape index (κ3) is 6.07. The number of carbonyl (C=O) groups is 1. The molecular weight excluding hydrogens is 441 g/mol. The maximum atomic E-state index is 12.6. The number of benzene rings is 2. The number of sulfonamides is 1. The van der Waals surface area contributed by atoms with Crippen LogP contribution in [0.25, 0.3) is 0 Å². The van der Waals surface area contributed by atoms with E-state index in [2.05, 4.69) is 10.5 Å². The second-order valence-electron chi connectivity index (χ2n) is 5.79. The number of phenols is 1. The summed E-state index contributed by atoms with van der Waals surface area (Å²) in [6.07, 6.45) is 1.34. The third-order valence-electron chi connectivity index (χ3n) is 3.63. The van der Waals surface area contributed by atoms with Gasteiger partial charge >= 0.3 is 0 Å². The van der Waals surface area contributed by atoms with Crippen molar-refractivity contribution in [2.75, 3.05) is 20.2 Å². The zero-order chi connectivity index (χ0) is 21.6. The summed E-state index contributed by atoms with van der Waals surface area (Å²) in [6, 6.07) is 8.60. The Hall–Kier alpha value is -2.33.